The van der Waals surface area contributed by atoms with Gasteiger partial charge in [0, 0.05) is 0 Å². The van der Waals surface area contributed by atoms with Crippen LogP contribution in [0.1, 0.15) is 51.4 Å². The second-order valence-electron chi connectivity index (χ2n) is 7.52. The Kier molecular flexibility index (Phi) is 2.83. The van der Waals surface area contributed by atoms with Gasteiger partial charge in [-0.05, 0) is 68.1 Å². The normalized spacial score (nSPS) is 44.9. The highest BCUT2D eigenvalue weighted by Gasteiger charge is 2.50. The fourth-order valence-corrected chi connectivity index (χ4v) is 5.49. The van der Waals surface area contributed by atoms with Gasteiger partial charge < -0.3 is 9.47 Å². The molecule has 5 fully saturated rings. The van der Waals surface area contributed by atoms with Gasteiger partial charge in [0.05, 0.1) is 13.0 Å². The number of hydrogen-bond donors (Lipinski definition) is 0. The van der Waals surface area contributed by atoms with Crippen LogP contribution >= 0.6 is 0 Å². The maximum absolute atomic E-state index is 11.7. The lowest BCUT2D eigenvalue weighted by Crippen LogP contribution is -2.46. The molecule has 0 amide bonds. The van der Waals surface area contributed by atoms with E-state index in [2.05, 4.69) is 0 Å². The quantitative estimate of drug-likeness (QED) is 0.741. The van der Waals surface area contributed by atoms with Crippen molar-refractivity contribution in [3.8, 4) is 0 Å². The number of hydrogen-bond acceptors (Lipinski definition) is 4. The number of cyclic esters (lactones) is 1. The Morgan fingerprint density at radius 2 is 1.70 bits per heavy atom. The first-order valence-electron chi connectivity index (χ1n) is 7.98. The van der Waals surface area contributed by atoms with E-state index in [1.54, 1.807) is 0 Å². The van der Waals surface area contributed by atoms with Gasteiger partial charge in [0.15, 0.2) is 0 Å². The minimum absolute atomic E-state index is 0.191. The Balaban J connectivity index is 1.29. The minimum Gasteiger partial charge on any atom is -0.463 e. The van der Waals surface area contributed by atoms with E-state index in [0.717, 1.165) is 24.2 Å². The Hall–Kier alpha value is -1.06. The molecule has 20 heavy (non-hydrogen) atoms. The van der Waals surface area contributed by atoms with Crippen molar-refractivity contribution in [3.05, 3.63) is 0 Å². The molecule has 1 saturated heterocycles. The molecule has 0 N–H and O–H groups in total. The molecule has 4 aliphatic carbocycles. The van der Waals surface area contributed by atoms with Crippen molar-refractivity contribution >= 4 is 11.9 Å². The van der Waals surface area contributed by atoms with Gasteiger partial charge in [-0.1, -0.05) is 0 Å². The summed E-state index contributed by atoms with van der Waals surface area (Å²) in [5.74, 6) is 2.15. The standard InChI is InChI=1S/C16H22O4/c17-14-6-13(20-14)15(18)19-2-1-16-7-10-3-11(8-16)5-12(4-10)9-16/h10-13H,1-9H2/t10?,11?,12?,13-,16?/m1/s1. The predicted octanol–water partition coefficient (Wildman–Crippen LogP) is 2.45. The summed E-state index contributed by atoms with van der Waals surface area (Å²) in [6, 6.07) is 0. The molecular formula is C16H22O4. The summed E-state index contributed by atoms with van der Waals surface area (Å²) < 4.78 is 10.1. The van der Waals surface area contributed by atoms with Gasteiger partial charge in [-0.3, -0.25) is 4.79 Å². The van der Waals surface area contributed by atoms with Gasteiger partial charge in [0.25, 0.3) is 0 Å². The molecule has 0 aromatic rings. The van der Waals surface area contributed by atoms with E-state index < -0.39 is 6.10 Å². The molecule has 1 atom stereocenters. The predicted molar refractivity (Wildman–Crippen MR) is 70.7 cm³/mol. The van der Waals surface area contributed by atoms with Gasteiger partial charge in [0.1, 0.15) is 0 Å². The summed E-state index contributed by atoms with van der Waals surface area (Å²) in [6.07, 6.45) is 8.92. The molecule has 0 spiro atoms. The largest absolute Gasteiger partial charge is 0.463 e. The first kappa shape index (κ1) is 12.7. The number of esters is 2. The highest BCUT2D eigenvalue weighted by Crippen LogP contribution is 2.61. The van der Waals surface area contributed by atoms with Crippen LogP contribution in [0.3, 0.4) is 0 Å². The van der Waals surface area contributed by atoms with Crippen LogP contribution in [0.2, 0.25) is 0 Å². The molecule has 5 aliphatic rings. The minimum atomic E-state index is -0.626. The number of carbonyl (C=O) groups is 2. The summed E-state index contributed by atoms with van der Waals surface area (Å²) in [6.45, 7) is 0.499. The highest BCUT2D eigenvalue weighted by atomic mass is 16.6. The smallest absolute Gasteiger partial charge is 0.348 e. The lowest BCUT2D eigenvalue weighted by Gasteiger charge is -2.57. The van der Waals surface area contributed by atoms with Crippen LogP contribution in [0.15, 0.2) is 0 Å². The lowest BCUT2D eigenvalue weighted by molar-refractivity contribution is -0.186. The topological polar surface area (TPSA) is 52.6 Å². The lowest BCUT2D eigenvalue weighted by atomic mass is 9.49. The van der Waals surface area contributed by atoms with E-state index >= 15 is 0 Å². The van der Waals surface area contributed by atoms with Crippen LogP contribution < -0.4 is 0 Å². The van der Waals surface area contributed by atoms with Gasteiger partial charge in [-0.25, -0.2) is 4.79 Å². The highest BCUT2D eigenvalue weighted by molar-refractivity contribution is 5.89. The summed E-state index contributed by atoms with van der Waals surface area (Å²) in [5.41, 5.74) is 0.450. The first-order valence-corrected chi connectivity index (χ1v) is 7.98. The Morgan fingerprint density at radius 3 is 2.20 bits per heavy atom. The molecule has 110 valence electrons. The van der Waals surface area contributed by atoms with Crippen LogP contribution in [-0.4, -0.2) is 24.6 Å². The second kappa shape index (κ2) is 4.47. The molecule has 1 heterocycles. The van der Waals surface area contributed by atoms with E-state index in [4.69, 9.17) is 9.47 Å². The average molecular weight is 278 g/mol. The monoisotopic (exact) mass is 278 g/mol. The van der Waals surface area contributed by atoms with Gasteiger partial charge >= 0.3 is 11.9 Å². The summed E-state index contributed by atoms with van der Waals surface area (Å²) in [4.78, 5) is 22.3. The fourth-order valence-electron chi connectivity index (χ4n) is 5.49. The Labute approximate surface area is 119 Å². The van der Waals surface area contributed by atoms with Crippen molar-refractivity contribution in [1.82, 2.24) is 0 Å². The van der Waals surface area contributed by atoms with E-state index in [-0.39, 0.29) is 18.4 Å². The van der Waals surface area contributed by atoms with Crippen molar-refractivity contribution in [2.24, 2.45) is 23.2 Å². The molecular weight excluding hydrogens is 256 g/mol. The molecule has 1 aliphatic heterocycles. The zero-order valence-electron chi connectivity index (χ0n) is 11.8. The number of carbonyl (C=O) groups excluding carboxylic acids is 2. The van der Waals surface area contributed by atoms with Crippen molar-refractivity contribution in [3.63, 3.8) is 0 Å². The van der Waals surface area contributed by atoms with Gasteiger partial charge in [-0.15, -0.1) is 0 Å². The van der Waals surface area contributed by atoms with Crippen LogP contribution in [0.25, 0.3) is 0 Å². The van der Waals surface area contributed by atoms with Crippen molar-refractivity contribution in [1.29, 1.82) is 0 Å². The fraction of sp³-hybridized carbons (Fsp3) is 0.875. The van der Waals surface area contributed by atoms with E-state index in [1.807, 2.05) is 0 Å². The molecule has 4 saturated carbocycles. The van der Waals surface area contributed by atoms with Crippen molar-refractivity contribution in [2.45, 2.75) is 57.5 Å². The van der Waals surface area contributed by atoms with E-state index in [0.29, 0.717) is 12.0 Å². The molecule has 0 radical (unpaired) electrons. The Morgan fingerprint density at radius 1 is 1.15 bits per heavy atom. The number of ether oxygens (including phenoxy) is 2. The average Bonchev–Trinajstić information content (AvgIpc) is 2.33. The molecule has 5 rings (SSSR count). The zero-order valence-corrected chi connectivity index (χ0v) is 11.8. The van der Waals surface area contributed by atoms with Crippen LogP contribution in [0.4, 0.5) is 0 Å². The first-order chi connectivity index (χ1) is 9.62. The molecule has 4 nitrogen and oxygen atoms in total. The van der Waals surface area contributed by atoms with Crippen LogP contribution in [0.5, 0.6) is 0 Å². The Bertz CT molecular complexity index is 398. The van der Waals surface area contributed by atoms with Crippen LogP contribution in [-0.2, 0) is 19.1 Å². The van der Waals surface area contributed by atoms with Gasteiger partial charge in [-0.2, -0.15) is 0 Å². The van der Waals surface area contributed by atoms with E-state index in [1.165, 1.54) is 38.5 Å². The maximum atomic E-state index is 11.7. The summed E-state index contributed by atoms with van der Waals surface area (Å²) in [7, 11) is 0. The van der Waals surface area contributed by atoms with E-state index in [9.17, 15) is 9.59 Å². The molecule has 0 unspecified atom stereocenters. The molecule has 4 heteroatoms. The third-order valence-electron chi connectivity index (χ3n) is 5.93. The third kappa shape index (κ3) is 2.13. The zero-order chi connectivity index (χ0) is 13.7. The summed E-state index contributed by atoms with van der Waals surface area (Å²) >= 11 is 0. The molecule has 0 aromatic heterocycles. The van der Waals surface area contributed by atoms with Crippen molar-refractivity contribution in [2.75, 3.05) is 6.61 Å². The maximum Gasteiger partial charge on any atom is 0.348 e. The summed E-state index contributed by atoms with van der Waals surface area (Å²) in [5, 5.41) is 0. The molecule has 4 bridgehead atoms. The molecule has 0 aromatic carbocycles. The van der Waals surface area contributed by atoms with Gasteiger partial charge in [0.2, 0.25) is 6.10 Å². The third-order valence-corrected chi connectivity index (χ3v) is 5.93. The number of rotatable bonds is 4. The SMILES string of the molecule is O=C1C[C@H](C(=O)OCCC23CC4CC(CC(C4)C2)C3)O1. The van der Waals surface area contributed by atoms with Crippen LogP contribution in [0, 0.1) is 23.2 Å². The van der Waals surface area contributed by atoms with Crippen molar-refractivity contribution < 1.29 is 19.1 Å². The second-order valence-corrected chi connectivity index (χ2v) is 7.52.